The Hall–Kier alpha value is -1.26. The van der Waals surface area contributed by atoms with Crippen LogP contribution in [0, 0.1) is 0 Å². The van der Waals surface area contributed by atoms with Crippen LogP contribution >= 0.6 is 11.6 Å². The Labute approximate surface area is 130 Å². The lowest BCUT2D eigenvalue weighted by Gasteiger charge is -2.39. The first-order valence-electron chi connectivity index (χ1n) is 7.32. The van der Waals surface area contributed by atoms with E-state index in [0.717, 1.165) is 12.8 Å². The molecule has 114 valence electrons. The van der Waals surface area contributed by atoms with Crippen LogP contribution in [0.15, 0.2) is 24.3 Å². The molecule has 4 nitrogen and oxygen atoms in total. The van der Waals surface area contributed by atoms with Gasteiger partial charge >= 0.3 is 0 Å². The van der Waals surface area contributed by atoms with Crippen LogP contribution < -0.4 is 4.74 Å². The molecule has 0 aromatic heterocycles. The molecule has 2 atom stereocenters. The van der Waals surface area contributed by atoms with Gasteiger partial charge in [0, 0.05) is 5.02 Å². The molecular formula is C16H20ClNO3. The monoisotopic (exact) mass is 309 g/mol. The molecule has 1 aromatic rings. The number of carbonyl (C=O) groups is 1. The van der Waals surface area contributed by atoms with Crippen molar-refractivity contribution in [3.8, 4) is 5.75 Å². The van der Waals surface area contributed by atoms with Crippen molar-refractivity contribution in [3.05, 3.63) is 29.3 Å². The quantitative estimate of drug-likeness (QED) is 0.862. The summed E-state index contributed by atoms with van der Waals surface area (Å²) in [6.45, 7) is 4.91. The van der Waals surface area contributed by atoms with Crippen molar-refractivity contribution in [2.24, 2.45) is 0 Å². The van der Waals surface area contributed by atoms with Crippen LogP contribution in [-0.2, 0) is 9.53 Å². The van der Waals surface area contributed by atoms with Crippen molar-refractivity contribution in [2.75, 3.05) is 13.2 Å². The number of rotatable bonds is 3. The largest absolute Gasteiger partial charge is 0.478 e. The molecule has 21 heavy (non-hydrogen) atoms. The normalized spacial score (nSPS) is 25.0. The molecule has 0 spiro atoms. The molecule has 0 saturated carbocycles. The predicted octanol–water partition coefficient (Wildman–Crippen LogP) is 2.89. The summed E-state index contributed by atoms with van der Waals surface area (Å²) in [5, 5.41) is 0.651. The van der Waals surface area contributed by atoms with Gasteiger partial charge in [-0.05, 0) is 51.0 Å². The van der Waals surface area contributed by atoms with Crippen LogP contribution in [0.5, 0.6) is 5.75 Å². The van der Waals surface area contributed by atoms with Gasteiger partial charge in [0.15, 0.2) is 5.60 Å². The second-order valence-electron chi connectivity index (χ2n) is 6.20. The number of amides is 1. The molecule has 5 heteroatoms. The fourth-order valence-electron chi connectivity index (χ4n) is 3.11. The van der Waals surface area contributed by atoms with Gasteiger partial charge in [-0.15, -0.1) is 0 Å². The van der Waals surface area contributed by atoms with E-state index in [9.17, 15) is 4.79 Å². The molecule has 2 fully saturated rings. The molecule has 0 aliphatic carbocycles. The summed E-state index contributed by atoms with van der Waals surface area (Å²) in [7, 11) is 0. The Kier molecular flexibility index (Phi) is 3.84. The first-order valence-corrected chi connectivity index (χ1v) is 7.70. The van der Waals surface area contributed by atoms with Gasteiger partial charge < -0.3 is 14.4 Å². The Balaban J connectivity index is 1.74. The van der Waals surface area contributed by atoms with Crippen LogP contribution in [0.2, 0.25) is 5.02 Å². The summed E-state index contributed by atoms with van der Waals surface area (Å²) in [6.07, 6.45) is 2.04. The Morgan fingerprint density at radius 1 is 1.24 bits per heavy atom. The average molecular weight is 310 g/mol. The van der Waals surface area contributed by atoms with Crippen LogP contribution in [0.25, 0.3) is 0 Å². The topological polar surface area (TPSA) is 38.8 Å². The molecule has 2 bridgehead atoms. The zero-order valence-corrected chi connectivity index (χ0v) is 13.1. The highest BCUT2D eigenvalue weighted by atomic mass is 35.5. The van der Waals surface area contributed by atoms with Crippen LogP contribution in [-0.4, -0.2) is 41.7 Å². The van der Waals surface area contributed by atoms with Crippen molar-refractivity contribution in [2.45, 2.75) is 44.4 Å². The molecule has 1 aromatic carbocycles. The highest BCUT2D eigenvalue weighted by Crippen LogP contribution is 2.32. The maximum atomic E-state index is 12.9. The molecule has 0 N–H and O–H groups in total. The summed E-state index contributed by atoms with van der Waals surface area (Å²) in [5.74, 6) is 0.687. The Bertz CT molecular complexity index is 513. The number of ether oxygens (including phenoxy) is 2. The van der Waals surface area contributed by atoms with Gasteiger partial charge in [0.05, 0.1) is 25.3 Å². The molecule has 2 heterocycles. The zero-order chi connectivity index (χ0) is 15.0. The molecular weight excluding hydrogens is 290 g/mol. The lowest BCUT2D eigenvalue weighted by atomic mass is 10.1. The summed E-state index contributed by atoms with van der Waals surface area (Å²) >= 11 is 5.87. The number of morpholine rings is 1. The lowest BCUT2D eigenvalue weighted by molar-refractivity contribution is -0.155. The maximum Gasteiger partial charge on any atom is 0.266 e. The van der Waals surface area contributed by atoms with Crippen molar-refractivity contribution in [1.82, 2.24) is 4.90 Å². The third kappa shape index (κ3) is 2.87. The molecule has 2 aliphatic heterocycles. The Morgan fingerprint density at radius 3 is 2.38 bits per heavy atom. The van der Waals surface area contributed by atoms with Crippen molar-refractivity contribution < 1.29 is 14.3 Å². The minimum Gasteiger partial charge on any atom is -0.478 e. The first kappa shape index (κ1) is 14.7. The number of fused-ring (bicyclic) bond motifs is 2. The van der Waals surface area contributed by atoms with E-state index in [0.29, 0.717) is 24.0 Å². The predicted molar refractivity (Wildman–Crippen MR) is 80.6 cm³/mol. The van der Waals surface area contributed by atoms with E-state index in [4.69, 9.17) is 21.1 Å². The van der Waals surface area contributed by atoms with Crippen molar-refractivity contribution in [3.63, 3.8) is 0 Å². The van der Waals surface area contributed by atoms with E-state index in [1.165, 1.54) is 0 Å². The number of hydrogen-bond donors (Lipinski definition) is 0. The van der Waals surface area contributed by atoms with Gasteiger partial charge in [0.1, 0.15) is 5.75 Å². The molecule has 2 saturated heterocycles. The van der Waals surface area contributed by atoms with Gasteiger partial charge in [-0.2, -0.15) is 0 Å². The standard InChI is InChI=1S/C16H20ClNO3/c1-16(2,21-14-7-3-11(17)4-8-14)15(19)18-12-5-6-13(18)10-20-9-12/h3-4,7-8,12-13H,5-6,9-10H2,1-2H3/t12-,13-/m1/s1. The highest BCUT2D eigenvalue weighted by Gasteiger charge is 2.46. The molecule has 0 radical (unpaired) electrons. The summed E-state index contributed by atoms with van der Waals surface area (Å²) in [4.78, 5) is 14.8. The number of hydrogen-bond acceptors (Lipinski definition) is 3. The second-order valence-corrected chi connectivity index (χ2v) is 6.64. The average Bonchev–Trinajstić information content (AvgIpc) is 2.69. The summed E-state index contributed by atoms with van der Waals surface area (Å²) in [5.41, 5.74) is -0.897. The van der Waals surface area contributed by atoms with Crippen molar-refractivity contribution in [1.29, 1.82) is 0 Å². The molecule has 2 aliphatic rings. The van der Waals surface area contributed by atoms with Gasteiger partial charge in [0.25, 0.3) is 5.91 Å². The molecule has 0 unspecified atom stereocenters. The third-order valence-corrected chi connectivity index (χ3v) is 4.43. The minimum atomic E-state index is -0.897. The Morgan fingerprint density at radius 2 is 1.81 bits per heavy atom. The van der Waals surface area contributed by atoms with E-state index in [1.807, 2.05) is 18.7 Å². The van der Waals surface area contributed by atoms with Crippen LogP contribution in [0.3, 0.4) is 0 Å². The molecule has 3 rings (SSSR count). The summed E-state index contributed by atoms with van der Waals surface area (Å²) in [6, 6.07) is 7.48. The van der Waals surface area contributed by atoms with Crippen LogP contribution in [0.4, 0.5) is 0 Å². The van der Waals surface area contributed by atoms with E-state index < -0.39 is 5.60 Å². The number of nitrogens with zero attached hydrogens (tertiary/aromatic N) is 1. The van der Waals surface area contributed by atoms with E-state index in [1.54, 1.807) is 24.3 Å². The van der Waals surface area contributed by atoms with E-state index in [-0.39, 0.29) is 18.0 Å². The third-order valence-electron chi connectivity index (χ3n) is 4.18. The number of benzene rings is 1. The van der Waals surface area contributed by atoms with Gasteiger partial charge in [-0.3, -0.25) is 4.79 Å². The lowest BCUT2D eigenvalue weighted by Crippen LogP contribution is -2.57. The van der Waals surface area contributed by atoms with Crippen molar-refractivity contribution >= 4 is 17.5 Å². The smallest absolute Gasteiger partial charge is 0.266 e. The van der Waals surface area contributed by atoms with Gasteiger partial charge in [0.2, 0.25) is 0 Å². The maximum absolute atomic E-state index is 12.9. The zero-order valence-electron chi connectivity index (χ0n) is 12.3. The summed E-state index contributed by atoms with van der Waals surface area (Å²) < 4.78 is 11.4. The SMILES string of the molecule is CC(C)(Oc1ccc(Cl)cc1)C(=O)N1[C@@H]2CC[C@@H]1COC2. The minimum absolute atomic E-state index is 0.0354. The number of halogens is 1. The fraction of sp³-hybridized carbons (Fsp3) is 0.562. The van der Waals surface area contributed by atoms with Gasteiger partial charge in [-0.1, -0.05) is 11.6 Å². The highest BCUT2D eigenvalue weighted by molar-refractivity contribution is 6.30. The van der Waals surface area contributed by atoms with E-state index >= 15 is 0 Å². The fourth-order valence-corrected chi connectivity index (χ4v) is 3.24. The number of carbonyl (C=O) groups excluding carboxylic acids is 1. The van der Waals surface area contributed by atoms with E-state index in [2.05, 4.69) is 0 Å². The second kappa shape index (κ2) is 5.50. The first-order chi connectivity index (χ1) is 9.97. The van der Waals surface area contributed by atoms with Crippen LogP contribution in [0.1, 0.15) is 26.7 Å². The molecule has 1 amide bonds. The van der Waals surface area contributed by atoms with Gasteiger partial charge in [-0.25, -0.2) is 0 Å².